The van der Waals surface area contributed by atoms with E-state index in [0.717, 1.165) is 12.8 Å². The van der Waals surface area contributed by atoms with Crippen LogP contribution in [0.2, 0.25) is 0 Å². The Balaban J connectivity index is 1.85. The van der Waals surface area contributed by atoms with Gasteiger partial charge in [-0.2, -0.15) is 5.26 Å². The summed E-state index contributed by atoms with van der Waals surface area (Å²) >= 11 is 0. The van der Waals surface area contributed by atoms with Gasteiger partial charge < -0.3 is 10.4 Å². The van der Waals surface area contributed by atoms with Crippen molar-refractivity contribution in [2.45, 2.75) is 57.6 Å². The van der Waals surface area contributed by atoms with Gasteiger partial charge in [0.2, 0.25) is 5.91 Å². The molecule has 0 aliphatic heterocycles. The number of nitrogens with one attached hydrogen (secondary N) is 1. The van der Waals surface area contributed by atoms with E-state index in [9.17, 15) is 9.90 Å². The van der Waals surface area contributed by atoms with Gasteiger partial charge in [-0.05, 0) is 44.0 Å². The van der Waals surface area contributed by atoms with Crippen LogP contribution < -0.4 is 5.32 Å². The van der Waals surface area contributed by atoms with E-state index in [2.05, 4.69) is 16.3 Å². The number of aliphatic hydroxyl groups is 1. The number of aliphatic hydroxyl groups excluding tert-OH is 1. The van der Waals surface area contributed by atoms with Crippen LogP contribution in [-0.4, -0.2) is 41.1 Å². The van der Waals surface area contributed by atoms with Crippen LogP contribution in [0.1, 0.15) is 51.0 Å². The number of nitriles is 1. The molecule has 2 rings (SSSR count). The van der Waals surface area contributed by atoms with Crippen molar-refractivity contribution in [3.63, 3.8) is 0 Å². The molecule has 130 valence electrons. The number of rotatable bonds is 7. The molecule has 0 radical (unpaired) electrons. The fourth-order valence-electron chi connectivity index (χ4n) is 3.31. The summed E-state index contributed by atoms with van der Waals surface area (Å²) in [5.74, 6) is -0.0360. The smallest absolute Gasteiger partial charge is 0.225 e. The molecule has 1 fully saturated rings. The summed E-state index contributed by atoms with van der Waals surface area (Å²) in [7, 11) is 0. The zero-order valence-electron chi connectivity index (χ0n) is 14.4. The molecule has 5 heteroatoms. The SMILES string of the molecule is CC(O)CN(CCC(=O)Nc1ccc(C#N)cc1)C1CCCCC1. The highest BCUT2D eigenvalue weighted by Crippen LogP contribution is 2.23. The van der Waals surface area contributed by atoms with Crippen molar-refractivity contribution >= 4 is 11.6 Å². The molecule has 1 unspecified atom stereocenters. The van der Waals surface area contributed by atoms with Crippen molar-refractivity contribution < 1.29 is 9.90 Å². The number of amides is 1. The summed E-state index contributed by atoms with van der Waals surface area (Å²) in [5.41, 5.74) is 1.28. The fourth-order valence-corrected chi connectivity index (χ4v) is 3.31. The second kappa shape index (κ2) is 9.41. The summed E-state index contributed by atoms with van der Waals surface area (Å²) < 4.78 is 0. The molecular weight excluding hydrogens is 302 g/mol. The van der Waals surface area contributed by atoms with Crippen molar-refractivity contribution in [2.75, 3.05) is 18.4 Å². The average Bonchev–Trinajstić information content (AvgIpc) is 2.59. The van der Waals surface area contributed by atoms with E-state index < -0.39 is 0 Å². The second-order valence-corrected chi connectivity index (χ2v) is 6.62. The van der Waals surface area contributed by atoms with E-state index in [-0.39, 0.29) is 12.0 Å². The molecule has 1 amide bonds. The van der Waals surface area contributed by atoms with Gasteiger partial charge in [-0.3, -0.25) is 9.69 Å². The summed E-state index contributed by atoms with van der Waals surface area (Å²) in [5, 5.41) is 21.4. The summed E-state index contributed by atoms with van der Waals surface area (Å²) in [6, 6.07) is 9.41. The maximum atomic E-state index is 12.2. The highest BCUT2D eigenvalue weighted by Gasteiger charge is 2.22. The predicted octanol–water partition coefficient (Wildman–Crippen LogP) is 2.90. The molecule has 0 saturated heterocycles. The minimum absolute atomic E-state index is 0.0360. The Kier molecular flexibility index (Phi) is 7.23. The minimum Gasteiger partial charge on any atom is -0.392 e. The van der Waals surface area contributed by atoms with Crippen LogP contribution in [0.3, 0.4) is 0 Å². The van der Waals surface area contributed by atoms with Gasteiger partial charge >= 0.3 is 0 Å². The van der Waals surface area contributed by atoms with Gasteiger partial charge in [0.25, 0.3) is 0 Å². The number of benzene rings is 1. The number of nitrogens with zero attached hydrogens (tertiary/aromatic N) is 2. The zero-order valence-corrected chi connectivity index (χ0v) is 14.4. The normalized spacial score (nSPS) is 16.6. The fraction of sp³-hybridized carbons (Fsp3) is 0.579. The molecule has 1 aliphatic rings. The second-order valence-electron chi connectivity index (χ2n) is 6.62. The Morgan fingerprint density at radius 3 is 2.58 bits per heavy atom. The number of hydrogen-bond acceptors (Lipinski definition) is 4. The molecule has 24 heavy (non-hydrogen) atoms. The highest BCUT2D eigenvalue weighted by molar-refractivity contribution is 5.90. The highest BCUT2D eigenvalue weighted by atomic mass is 16.3. The molecule has 1 aromatic carbocycles. The Hall–Kier alpha value is -1.90. The van der Waals surface area contributed by atoms with Crippen LogP contribution in [0.15, 0.2) is 24.3 Å². The Bertz CT molecular complexity index is 557. The van der Waals surface area contributed by atoms with E-state index in [1.165, 1.54) is 19.3 Å². The number of carbonyl (C=O) groups excluding carboxylic acids is 1. The lowest BCUT2D eigenvalue weighted by molar-refractivity contribution is -0.116. The molecule has 1 atom stereocenters. The third-order valence-corrected chi connectivity index (χ3v) is 4.51. The van der Waals surface area contributed by atoms with Crippen molar-refractivity contribution in [1.82, 2.24) is 4.90 Å². The van der Waals surface area contributed by atoms with Crippen LogP contribution in [0.5, 0.6) is 0 Å². The molecule has 0 aromatic heterocycles. The van der Waals surface area contributed by atoms with Gasteiger partial charge in [-0.15, -0.1) is 0 Å². The van der Waals surface area contributed by atoms with E-state index in [1.54, 1.807) is 31.2 Å². The van der Waals surface area contributed by atoms with Gasteiger partial charge in [0.05, 0.1) is 17.7 Å². The Labute approximate surface area is 144 Å². The monoisotopic (exact) mass is 329 g/mol. The first kappa shape index (κ1) is 18.4. The van der Waals surface area contributed by atoms with Crippen molar-refractivity contribution in [3.05, 3.63) is 29.8 Å². The van der Waals surface area contributed by atoms with Crippen LogP contribution in [-0.2, 0) is 4.79 Å². The van der Waals surface area contributed by atoms with E-state index >= 15 is 0 Å². The maximum absolute atomic E-state index is 12.2. The number of anilines is 1. The lowest BCUT2D eigenvalue weighted by Gasteiger charge is -2.35. The third-order valence-electron chi connectivity index (χ3n) is 4.51. The molecule has 0 bridgehead atoms. The molecule has 5 nitrogen and oxygen atoms in total. The predicted molar refractivity (Wildman–Crippen MR) is 94.5 cm³/mol. The van der Waals surface area contributed by atoms with Gasteiger partial charge in [0, 0.05) is 31.2 Å². The largest absolute Gasteiger partial charge is 0.392 e. The summed E-state index contributed by atoms with van der Waals surface area (Å²) in [6.45, 7) is 3.08. The van der Waals surface area contributed by atoms with Gasteiger partial charge in [-0.25, -0.2) is 0 Å². The van der Waals surface area contributed by atoms with Crippen LogP contribution in [0.4, 0.5) is 5.69 Å². The van der Waals surface area contributed by atoms with Crippen LogP contribution in [0, 0.1) is 11.3 Å². The van der Waals surface area contributed by atoms with Crippen LogP contribution >= 0.6 is 0 Å². The molecule has 1 aliphatic carbocycles. The van der Waals surface area contributed by atoms with E-state index in [4.69, 9.17) is 5.26 Å². The van der Waals surface area contributed by atoms with Crippen molar-refractivity contribution in [1.29, 1.82) is 5.26 Å². The van der Waals surface area contributed by atoms with E-state index in [1.807, 2.05) is 0 Å². The van der Waals surface area contributed by atoms with E-state index in [0.29, 0.717) is 36.8 Å². The van der Waals surface area contributed by atoms with Gasteiger partial charge in [0.1, 0.15) is 0 Å². The maximum Gasteiger partial charge on any atom is 0.225 e. The zero-order chi connectivity index (χ0) is 17.4. The topological polar surface area (TPSA) is 76.4 Å². The molecule has 2 N–H and O–H groups in total. The van der Waals surface area contributed by atoms with Gasteiger partial charge in [0.15, 0.2) is 0 Å². The molecule has 0 spiro atoms. The standard InChI is InChI=1S/C19H27N3O2/c1-15(23)14-22(18-5-3-2-4-6-18)12-11-19(24)21-17-9-7-16(13-20)8-10-17/h7-10,15,18,23H,2-6,11-12,14H2,1H3,(H,21,24). The van der Waals surface area contributed by atoms with Crippen molar-refractivity contribution in [3.8, 4) is 6.07 Å². The lowest BCUT2D eigenvalue weighted by atomic mass is 9.94. The average molecular weight is 329 g/mol. The molecular formula is C19H27N3O2. The quantitative estimate of drug-likeness (QED) is 0.806. The molecule has 1 aromatic rings. The van der Waals surface area contributed by atoms with Crippen molar-refractivity contribution in [2.24, 2.45) is 0 Å². The summed E-state index contributed by atoms with van der Waals surface area (Å²) in [4.78, 5) is 14.4. The third kappa shape index (κ3) is 5.95. The summed E-state index contributed by atoms with van der Waals surface area (Å²) in [6.07, 6.45) is 6.10. The van der Waals surface area contributed by atoms with Crippen LogP contribution in [0.25, 0.3) is 0 Å². The molecule has 0 heterocycles. The Morgan fingerprint density at radius 2 is 2.00 bits per heavy atom. The number of hydrogen-bond donors (Lipinski definition) is 2. The first-order valence-corrected chi connectivity index (χ1v) is 8.80. The molecule has 1 saturated carbocycles. The number of carbonyl (C=O) groups is 1. The first-order valence-electron chi connectivity index (χ1n) is 8.80. The Morgan fingerprint density at radius 1 is 1.33 bits per heavy atom. The minimum atomic E-state index is -0.381. The van der Waals surface area contributed by atoms with Gasteiger partial charge in [-0.1, -0.05) is 19.3 Å². The lowest BCUT2D eigenvalue weighted by Crippen LogP contribution is -2.42. The first-order chi connectivity index (χ1) is 11.6.